The standard InChI is InChI=1S/C16H21N3S.ClH/c1-12-14(9-13-5-3-2-4-6-13)7-8-19(12)11-15-10-18-16(17)20-15;/h2-6,10,12,14H,7-9,11H2,1H3,(H2,17,18);1H. The molecule has 2 unspecified atom stereocenters. The number of thiazole rings is 1. The summed E-state index contributed by atoms with van der Waals surface area (Å²) in [6.07, 6.45) is 4.38. The number of likely N-dealkylation sites (tertiary alicyclic amines) is 1. The topological polar surface area (TPSA) is 42.2 Å². The van der Waals surface area contributed by atoms with Gasteiger partial charge in [-0.1, -0.05) is 30.3 Å². The predicted octanol–water partition coefficient (Wildman–Crippen LogP) is 3.60. The molecular formula is C16H22ClN3S. The molecule has 0 amide bonds. The summed E-state index contributed by atoms with van der Waals surface area (Å²) in [6.45, 7) is 4.52. The molecule has 1 saturated heterocycles. The number of hydrogen-bond donors (Lipinski definition) is 1. The molecule has 2 heterocycles. The van der Waals surface area contributed by atoms with E-state index >= 15 is 0 Å². The van der Waals surface area contributed by atoms with Crippen molar-refractivity contribution in [3.05, 3.63) is 47.0 Å². The third-order valence-electron chi connectivity index (χ3n) is 4.32. The third-order valence-corrected chi connectivity index (χ3v) is 5.13. The van der Waals surface area contributed by atoms with Crippen molar-refractivity contribution < 1.29 is 0 Å². The normalized spacial score (nSPS) is 22.1. The lowest BCUT2D eigenvalue weighted by molar-refractivity contribution is 0.235. The van der Waals surface area contributed by atoms with E-state index in [1.54, 1.807) is 11.3 Å². The highest BCUT2D eigenvalue weighted by Gasteiger charge is 2.30. The molecule has 2 N–H and O–H groups in total. The molecule has 1 aromatic heterocycles. The first-order chi connectivity index (χ1) is 9.72. The molecule has 2 aromatic rings. The Morgan fingerprint density at radius 1 is 1.33 bits per heavy atom. The Kier molecular flexibility index (Phi) is 5.62. The molecule has 0 spiro atoms. The van der Waals surface area contributed by atoms with Crippen LogP contribution in [0.15, 0.2) is 36.5 Å². The minimum Gasteiger partial charge on any atom is -0.375 e. The van der Waals surface area contributed by atoms with E-state index in [-0.39, 0.29) is 12.4 Å². The molecule has 1 aromatic carbocycles. The highest BCUT2D eigenvalue weighted by Crippen LogP contribution is 2.29. The van der Waals surface area contributed by atoms with Crippen molar-refractivity contribution in [2.45, 2.75) is 32.4 Å². The fourth-order valence-corrected chi connectivity index (χ4v) is 3.79. The van der Waals surface area contributed by atoms with Crippen molar-refractivity contribution in [3.63, 3.8) is 0 Å². The SMILES string of the molecule is CC1C(Cc2ccccc2)CCN1Cc1cnc(N)s1.Cl. The van der Waals surface area contributed by atoms with Gasteiger partial charge in [-0.05, 0) is 37.8 Å². The number of rotatable bonds is 4. The van der Waals surface area contributed by atoms with Crippen molar-refractivity contribution in [2.75, 3.05) is 12.3 Å². The first kappa shape index (κ1) is 16.3. The summed E-state index contributed by atoms with van der Waals surface area (Å²) < 4.78 is 0. The number of benzene rings is 1. The zero-order valence-corrected chi connectivity index (χ0v) is 13.9. The highest BCUT2D eigenvalue weighted by molar-refractivity contribution is 7.15. The third kappa shape index (κ3) is 3.96. The molecule has 3 rings (SSSR count). The van der Waals surface area contributed by atoms with Crippen LogP contribution in [0.1, 0.15) is 23.8 Å². The van der Waals surface area contributed by atoms with E-state index in [0.29, 0.717) is 11.2 Å². The first-order valence-corrected chi connectivity index (χ1v) is 8.02. The number of hydrogen-bond acceptors (Lipinski definition) is 4. The lowest BCUT2D eigenvalue weighted by Gasteiger charge is -2.24. The maximum absolute atomic E-state index is 5.71. The van der Waals surface area contributed by atoms with E-state index in [2.05, 4.69) is 47.1 Å². The van der Waals surface area contributed by atoms with Crippen LogP contribution >= 0.6 is 23.7 Å². The van der Waals surface area contributed by atoms with E-state index in [0.717, 1.165) is 12.5 Å². The molecule has 1 fully saturated rings. The van der Waals surface area contributed by atoms with Gasteiger partial charge in [-0.15, -0.1) is 23.7 Å². The predicted molar refractivity (Wildman–Crippen MR) is 91.9 cm³/mol. The number of nitrogen functional groups attached to an aromatic ring is 1. The molecule has 0 bridgehead atoms. The molecule has 1 aliphatic heterocycles. The van der Waals surface area contributed by atoms with Crippen LogP contribution < -0.4 is 5.73 Å². The van der Waals surface area contributed by atoms with Crippen LogP contribution in [-0.4, -0.2) is 22.5 Å². The van der Waals surface area contributed by atoms with E-state index < -0.39 is 0 Å². The van der Waals surface area contributed by atoms with E-state index in [4.69, 9.17) is 5.73 Å². The summed E-state index contributed by atoms with van der Waals surface area (Å²) >= 11 is 1.61. The van der Waals surface area contributed by atoms with Crippen LogP contribution in [0.3, 0.4) is 0 Å². The van der Waals surface area contributed by atoms with Gasteiger partial charge in [-0.25, -0.2) is 4.98 Å². The number of aromatic nitrogens is 1. The Hall–Kier alpha value is -1.10. The fourth-order valence-electron chi connectivity index (χ4n) is 3.08. The van der Waals surface area contributed by atoms with Gasteiger partial charge in [0.1, 0.15) is 0 Å². The van der Waals surface area contributed by atoms with Crippen LogP contribution in [0.4, 0.5) is 5.13 Å². The first-order valence-electron chi connectivity index (χ1n) is 7.20. The Morgan fingerprint density at radius 3 is 2.76 bits per heavy atom. The van der Waals surface area contributed by atoms with E-state index in [1.807, 2.05) is 6.20 Å². The van der Waals surface area contributed by atoms with Crippen molar-refractivity contribution in [1.29, 1.82) is 0 Å². The molecular weight excluding hydrogens is 302 g/mol. The van der Waals surface area contributed by atoms with Crippen LogP contribution in [-0.2, 0) is 13.0 Å². The van der Waals surface area contributed by atoms with Gasteiger partial charge in [0.25, 0.3) is 0 Å². The van der Waals surface area contributed by atoms with Crippen molar-refractivity contribution >= 4 is 28.9 Å². The molecule has 1 aliphatic rings. The summed E-state index contributed by atoms with van der Waals surface area (Å²) in [7, 11) is 0. The maximum atomic E-state index is 5.71. The Morgan fingerprint density at radius 2 is 2.10 bits per heavy atom. The van der Waals surface area contributed by atoms with Crippen LogP contribution in [0.2, 0.25) is 0 Å². The smallest absolute Gasteiger partial charge is 0.180 e. The average molecular weight is 324 g/mol. The molecule has 0 saturated carbocycles. The summed E-state index contributed by atoms with van der Waals surface area (Å²) in [5.41, 5.74) is 7.16. The van der Waals surface area contributed by atoms with E-state index in [1.165, 1.54) is 29.8 Å². The number of nitrogens with zero attached hydrogens (tertiary/aromatic N) is 2. The second-order valence-corrected chi connectivity index (χ2v) is 6.76. The highest BCUT2D eigenvalue weighted by atomic mass is 35.5. The van der Waals surface area contributed by atoms with Crippen LogP contribution in [0, 0.1) is 5.92 Å². The maximum Gasteiger partial charge on any atom is 0.180 e. The average Bonchev–Trinajstić information content (AvgIpc) is 3.01. The molecule has 114 valence electrons. The summed E-state index contributed by atoms with van der Waals surface area (Å²) in [5, 5.41) is 0.674. The molecule has 3 nitrogen and oxygen atoms in total. The van der Waals surface area contributed by atoms with Gasteiger partial charge < -0.3 is 5.73 Å². The quantitative estimate of drug-likeness (QED) is 0.934. The largest absolute Gasteiger partial charge is 0.375 e. The van der Waals surface area contributed by atoms with Gasteiger partial charge in [-0.3, -0.25) is 4.90 Å². The summed E-state index contributed by atoms with van der Waals surface area (Å²) in [5.74, 6) is 0.752. The second kappa shape index (κ2) is 7.25. The minimum absolute atomic E-state index is 0. The second-order valence-electron chi connectivity index (χ2n) is 5.61. The Bertz CT molecular complexity index is 558. The van der Waals surface area contributed by atoms with Gasteiger partial charge in [0.2, 0.25) is 0 Å². The van der Waals surface area contributed by atoms with Crippen molar-refractivity contribution in [2.24, 2.45) is 5.92 Å². The lowest BCUT2D eigenvalue weighted by Crippen LogP contribution is -2.30. The van der Waals surface area contributed by atoms with Crippen LogP contribution in [0.5, 0.6) is 0 Å². The Labute approximate surface area is 136 Å². The van der Waals surface area contributed by atoms with Crippen LogP contribution in [0.25, 0.3) is 0 Å². The number of anilines is 1. The molecule has 2 atom stereocenters. The summed E-state index contributed by atoms with van der Waals surface area (Å²) in [4.78, 5) is 7.97. The van der Waals surface area contributed by atoms with Gasteiger partial charge in [-0.2, -0.15) is 0 Å². The number of nitrogens with two attached hydrogens (primary N) is 1. The van der Waals surface area contributed by atoms with Crippen molar-refractivity contribution in [1.82, 2.24) is 9.88 Å². The van der Waals surface area contributed by atoms with Gasteiger partial charge in [0.15, 0.2) is 5.13 Å². The molecule has 0 aliphatic carbocycles. The number of halogens is 1. The zero-order valence-electron chi connectivity index (χ0n) is 12.2. The minimum atomic E-state index is 0. The molecule has 5 heteroatoms. The lowest BCUT2D eigenvalue weighted by atomic mass is 9.93. The van der Waals surface area contributed by atoms with E-state index in [9.17, 15) is 0 Å². The Balaban J connectivity index is 0.00000161. The zero-order chi connectivity index (χ0) is 13.9. The fraction of sp³-hybridized carbons (Fsp3) is 0.438. The van der Waals surface area contributed by atoms with Crippen molar-refractivity contribution in [3.8, 4) is 0 Å². The van der Waals surface area contributed by atoms with Gasteiger partial charge in [0, 0.05) is 23.7 Å². The summed E-state index contributed by atoms with van der Waals surface area (Å²) in [6, 6.07) is 11.4. The monoisotopic (exact) mass is 323 g/mol. The van der Waals surface area contributed by atoms with Gasteiger partial charge in [0.05, 0.1) is 0 Å². The molecule has 0 radical (unpaired) electrons. The molecule has 21 heavy (non-hydrogen) atoms. The van der Waals surface area contributed by atoms with Gasteiger partial charge >= 0.3 is 0 Å².